The molecule has 18 heavy (non-hydrogen) atoms. The van der Waals surface area contributed by atoms with Gasteiger partial charge in [-0.3, -0.25) is 4.79 Å². The van der Waals surface area contributed by atoms with Crippen molar-refractivity contribution in [3.05, 3.63) is 32.4 Å². The van der Waals surface area contributed by atoms with Crippen LogP contribution in [0.1, 0.15) is 30.6 Å². The molecule has 1 heterocycles. The van der Waals surface area contributed by atoms with Crippen molar-refractivity contribution in [2.75, 3.05) is 13.1 Å². The molecule has 2 atom stereocenters. The largest absolute Gasteiger partial charge is 0.338 e. The van der Waals surface area contributed by atoms with Gasteiger partial charge in [-0.15, -0.1) is 0 Å². The van der Waals surface area contributed by atoms with Gasteiger partial charge in [0, 0.05) is 22.2 Å². The molecule has 0 aromatic heterocycles. The summed E-state index contributed by atoms with van der Waals surface area (Å²) in [5.74, 6) is 1.38. The molecule has 1 aromatic carbocycles. The summed E-state index contributed by atoms with van der Waals surface area (Å²) in [5, 5.41) is 0.653. The van der Waals surface area contributed by atoms with Gasteiger partial charge >= 0.3 is 0 Å². The first-order chi connectivity index (χ1) is 8.49. The number of benzene rings is 1. The van der Waals surface area contributed by atoms with Gasteiger partial charge < -0.3 is 4.90 Å². The van der Waals surface area contributed by atoms with Crippen LogP contribution in [0.2, 0.25) is 5.02 Å². The Labute approximate surface area is 127 Å². The number of halogens is 2. The van der Waals surface area contributed by atoms with Crippen LogP contribution in [-0.4, -0.2) is 23.9 Å². The highest BCUT2D eigenvalue weighted by atomic mass is 127. The van der Waals surface area contributed by atoms with Gasteiger partial charge in [0.2, 0.25) is 0 Å². The van der Waals surface area contributed by atoms with Crippen molar-refractivity contribution in [2.45, 2.75) is 20.3 Å². The summed E-state index contributed by atoms with van der Waals surface area (Å²) >= 11 is 8.24. The molecule has 0 bridgehead atoms. The highest BCUT2D eigenvalue weighted by Gasteiger charge is 2.26. The van der Waals surface area contributed by atoms with E-state index in [9.17, 15) is 4.79 Å². The van der Waals surface area contributed by atoms with E-state index in [2.05, 4.69) is 36.4 Å². The average molecular weight is 378 g/mol. The van der Waals surface area contributed by atoms with Gasteiger partial charge in [0.05, 0.1) is 5.02 Å². The van der Waals surface area contributed by atoms with Gasteiger partial charge in [0.25, 0.3) is 5.91 Å². The van der Waals surface area contributed by atoms with Crippen LogP contribution < -0.4 is 0 Å². The van der Waals surface area contributed by atoms with Crippen molar-refractivity contribution in [1.29, 1.82) is 0 Å². The number of rotatable bonds is 1. The van der Waals surface area contributed by atoms with Crippen LogP contribution in [0.4, 0.5) is 0 Å². The molecular weight excluding hydrogens is 361 g/mol. The number of hydrogen-bond donors (Lipinski definition) is 0. The lowest BCUT2D eigenvalue weighted by molar-refractivity contribution is 0.0627. The molecule has 1 fully saturated rings. The van der Waals surface area contributed by atoms with Gasteiger partial charge in [-0.1, -0.05) is 25.4 Å². The number of hydrogen-bond acceptors (Lipinski definition) is 1. The fourth-order valence-corrected chi connectivity index (χ4v) is 2.78. The first-order valence-corrected chi connectivity index (χ1v) is 7.69. The van der Waals surface area contributed by atoms with Crippen LogP contribution in [0.3, 0.4) is 0 Å². The molecule has 1 saturated heterocycles. The molecule has 2 rings (SSSR count). The van der Waals surface area contributed by atoms with Gasteiger partial charge in [-0.05, 0) is 59.0 Å². The Morgan fingerprint density at radius 1 is 1.39 bits per heavy atom. The topological polar surface area (TPSA) is 20.3 Å². The Balaban J connectivity index is 2.14. The van der Waals surface area contributed by atoms with Crippen molar-refractivity contribution in [1.82, 2.24) is 4.90 Å². The minimum absolute atomic E-state index is 0.104. The van der Waals surface area contributed by atoms with Crippen LogP contribution >= 0.6 is 34.2 Å². The first-order valence-electron chi connectivity index (χ1n) is 6.23. The zero-order valence-electron chi connectivity index (χ0n) is 10.6. The molecule has 0 spiro atoms. The number of amides is 1. The normalized spacial score (nSPS) is 24.1. The Kier molecular flexibility index (Phi) is 4.54. The fourth-order valence-electron chi connectivity index (χ4n) is 2.26. The summed E-state index contributed by atoms with van der Waals surface area (Å²) in [6.45, 7) is 6.18. The van der Waals surface area contributed by atoms with Crippen LogP contribution in [0.15, 0.2) is 18.2 Å². The first kappa shape index (κ1) is 14.1. The van der Waals surface area contributed by atoms with E-state index in [1.165, 1.54) is 0 Å². The molecule has 1 aromatic rings. The standard InChI is InChI=1S/C14H17ClINO/c1-9-5-6-17(8-10(9)2)14(18)11-3-4-13(16)12(15)7-11/h3-4,7,9-10H,5-6,8H2,1-2H3. The van der Waals surface area contributed by atoms with Crippen molar-refractivity contribution in [2.24, 2.45) is 11.8 Å². The zero-order chi connectivity index (χ0) is 13.3. The highest BCUT2D eigenvalue weighted by molar-refractivity contribution is 14.1. The van der Waals surface area contributed by atoms with E-state index < -0.39 is 0 Å². The maximum Gasteiger partial charge on any atom is 0.253 e. The van der Waals surface area contributed by atoms with Crippen LogP contribution in [0.25, 0.3) is 0 Å². The Morgan fingerprint density at radius 2 is 2.11 bits per heavy atom. The molecule has 2 nitrogen and oxygen atoms in total. The van der Waals surface area contributed by atoms with Gasteiger partial charge in [-0.2, -0.15) is 0 Å². The van der Waals surface area contributed by atoms with Crippen molar-refractivity contribution >= 4 is 40.1 Å². The molecular formula is C14H17ClINO. The second-order valence-electron chi connectivity index (χ2n) is 5.12. The lowest BCUT2D eigenvalue weighted by Crippen LogP contribution is -2.42. The molecule has 2 unspecified atom stereocenters. The number of nitrogens with zero attached hydrogens (tertiary/aromatic N) is 1. The minimum atomic E-state index is 0.104. The lowest BCUT2D eigenvalue weighted by atomic mass is 9.88. The number of carbonyl (C=O) groups excluding carboxylic acids is 1. The van der Waals surface area contributed by atoms with E-state index in [-0.39, 0.29) is 5.91 Å². The SMILES string of the molecule is CC1CCN(C(=O)c2ccc(I)c(Cl)c2)CC1C. The number of carbonyl (C=O) groups is 1. The third-order valence-electron chi connectivity index (χ3n) is 3.79. The summed E-state index contributed by atoms with van der Waals surface area (Å²) < 4.78 is 0.978. The predicted octanol–water partition coefficient (Wildman–Crippen LogP) is 4.06. The van der Waals surface area contributed by atoms with E-state index >= 15 is 0 Å². The molecule has 1 amide bonds. The molecule has 1 aliphatic heterocycles. The summed E-state index contributed by atoms with van der Waals surface area (Å²) in [6, 6.07) is 5.53. The summed E-state index contributed by atoms with van der Waals surface area (Å²) in [6.07, 6.45) is 1.09. The third-order valence-corrected chi connectivity index (χ3v) is 5.36. The molecule has 1 aliphatic rings. The predicted molar refractivity (Wildman–Crippen MR) is 83.0 cm³/mol. The van der Waals surface area contributed by atoms with Crippen LogP contribution in [0, 0.1) is 15.4 Å². The maximum absolute atomic E-state index is 12.4. The molecule has 98 valence electrons. The van der Waals surface area contributed by atoms with E-state index in [0.29, 0.717) is 22.4 Å². The maximum atomic E-state index is 12.4. The van der Waals surface area contributed by atoms with Gasteiger partial charge in [0.1, 0.15) is 0 Å². The van der Waals surface area contributed by atoms with Crippen molar-refractivity contribution in [3.8, 4) is 0 Å². The van der Waals surface area contributed by atoms with E-state index in [1.54, 1.807) is 6.07 Å². The summed E-state index contributed by atoms with van der Waals surface area (Å²) in [5.41, 5.74) is 0.696. The molecule has 4 heteroatoms. The smallest absolute Gasteiger partial charge is 0.253 e. The second-order valence-corrected chi connectivity index (χ2v) is 6.69. The summed E-state index contributed by atoms with van der Waals surface area (Å²) in [7, 11) is 0. The Bertz CT molecular complexity index is 463. The minimum Gasteiger partial charge on any atom is -0.338 e. The average Bonchev–Trinajstić information content (AvgIpc) is 2.35. The van der Waals surface area contributed by atoms with Gasteiger partial charge in [-0.25, -0.2) is 0 Å². The monoisotopic (exact) mass is 377 g/mol. The van der Waals surface area contributed by atoms with Crippen LogP contribution in [0.5, 0.6) is 0 Å². The lowest BCUT2D eigenvalue weighted by Gasteiger charge is -2.35. The molecule has 0 saturated carbocycles. The Hall–Kier alpha value is -0.290. The third kappa shape index (κ3) is 2.99. The van der Waals surface area contributed by atoms with Crippen molar-refractivity contribution < 1.29 is 4.79 Å². The fraction of sp³-hybridized carbons (Fsp3) is 0.500. The zero-order valence-corrected chi connectivity index (χ0v) is 13.5. The summed E-state index contributed by atoms with van der Waals surface area (Å²) in [4.78, 5) is 14.3. The number of piperidine rings is 1. The van der Waals surface area contributed by atoms with E-state index in [4.69, 9.17) is 11.6 Å². The molecule has 0 aliphatic carbocycles. The van der Waals surface area contributed by atoms with E-state index in [0.717, 1.165) is 23.1 Å². The highest BCUT2D eigenvalue weighted by Crippen LogP contribution is 2.25. The van der Waals surface area contributed by atoms with Crippen LogP contribution in [-0.2, 0) is 0 Å². The van der Waals surface area contributed by atoms with Crippen molar-refractivity contribution in [3.63, 3.8) is 0 Å². The second kappa shape index (κ2) is 5.78. The quantitative estimate of drug-likeness (QED) is 0.676. The number of likely N-dealkylation sites (tertiary alicyclic amines) is 1. The Morgan fingerprint density at radius 3 is 2.72 bits per heavy atom. The van der Waals surface area contributed by atoms with Gasteiger partial charge in [0.15, 0.2) is 0 Å². The molecule has 0 radical (unpaired) electrons. The van der Waals surface area contributed by atoms with E-state index in [1.807, 2.05) is 17.0 Å². The molecule has 0 N–H and O–H groups in total.